The molecule has 0 spiro atoms. The Bertz CT molecular complexity index is 662. The predicted molar refractivity (Wildman–Crippen MR) is 72.2 cm³/mol. The number of pyridine rings is 1. The van der Waals surface area contributed by atoms with Crippen molar-refractivity contribution in [3.05, 3.63) is 65.8 Å². The van der Waals surface area contributed by atoms with Gasteiger partial charge in [-0.3, -0.25) is 4.98 Å². The molecule has 0 atom stereocenters. The van der Waals surface area contributed by atoms with Crippen LogP contribution in [0, 0.1) is 0 Å². The van der Waals surface area contributed by atoms with Gasteiger partial charge in [0.25, 0.3) is 0 Å². The summed E-state index contributed by atoms with van der Waals surface area (Å²) in [6, 6.07) is 18.1. The Labute approximate surface area is 105 Å². The van der Waals surface area contributed by atoms with Crippen molar-refractivity contribution in [3.63, 3.8) is 0 Å². The molecule has 0 fully saturated rings. The van der Waals surface area contributed by atoms with Gasteiger partial charge in [0.1, 0.15) is 0 Å². The molecule has 0 aliphatic carbocycles. The first kappa shape index (κ1) is 10.3. The Balaban J connectivity index is 2.17. The molecule has 0 saturated heterocycles. The van der Waals surface area contributed by atoms with E-state index in [2.05, 4.69) is 23.2 Å². The third kappa shape index (κ3) is 2.02. The van der Waals surface area contributed by atoms with Crippen molar-refractivity contribution in [1.29, 1.82) is 0 Å². The molecule has 2 aromatic carbocycles. The van der Waals surface area contributed by atoms with Gasteiger partial charge >= 0.3 is 0 Å². The van der Waals surface area contributed by atoms with Crippen molar-refractivity contribution in [1.82, 2.24) is 4.98 Å². The monoisotopic (exact) mass is 239 g/mol. The van der Waals surface area contributed by atoms with Crippen LogP contribution < -0.4 is 0 Å². The largest absolute Gasteiger partial charge is 0.256 e. The summed E-state index contributed by atoms with van der Waals surface area (Å²) in [5, 5.41) is 2.96. The molecule has 0 N–H and O–H groups in total. The van der Waals surface area contributed by atoms with E-state index < -0.39 is 0 Å². The lowest BCUT2D eigenvalue weighted by Gasteiger charge is -2.03. The quantitative estimate of drug-likeness (QED) is 0.607. The number of halogens is 1. The van der Waals surface area contributed by atoms with Crippen LogP contribution in [-0.2, 0) is 0 Å². The van der Waals surface area contributed by atoms with E-state index in [9.17, 15) is 0 Å². The third-order valence-corrected chi connectivity index (χ3v) is 2.99. The van der Waals surface area contributed by atoms with E-state index in [0.717, 1.165) is 27.1 Å². The Morgan fingerprint density at radius 1 is 0.824 bits per heavy atom. The maximum Gasteiger partial charge on any atom is 0.0708 e. The lowest BCUT2D eigenvalue weighted by Crippen LogP contribution is -1.83. The Kier molecular flexibility index (Phi) is 2.54. The molecule has 0 aliphatic rings. The molecule has 0 saturated carbocycles. The minimum atomic E-state index is 0.742. The van der Waals surface area contributed by atoms with E-state index in [1.165, 1.54) is 0 Å². The zero-order valence-corrected chi connectivity index (χ0v) is 9.85. The molecule has 0 unspecified atom stereocenters. The van der Waals surface area contributed by atoms with Crippen molar-refractivity contribution in [2.75, 3.05) is 0 Å². The van der Waals surface area contributed by atoms with Crippen molar-refractivity contribution in [2.24, 2.45) is 0 Å². The minimum absolute atomic E-state index is 0.742. The highest BCUT2D eigenvalue weighted by Crippen LogP contribution is 2.23. The number of rotatable bonds is 1. The number of hydrogen-bond donors (Lipinski definition) is 0. The second-order valence-corrected chi connectivity index (χ2v) is 4.36. The summed E-state index contributed by atoms with van der Waals surface area (Å²) in [6.45, 7) is 0. The highest BCUT2D eigenvalue weighted by Gasteiger charge is 2.01. The van der Waals surface area contributed by atoms with Crippen LogP contribution in [0.1, 0.15) is 0 Å². The van der Waals surface area contributed by atoms with Gasteiger partial charge in [0.05, 0.1) is 5.69 Å². The second kappa shape index (κ2) is 4.19. The van der Waals surface area contributed by atoms with Gasteiger partial charge in [-0.05, 0) is 23.6 Å². The van der Waals surface area contributed by atoms with Gasteiger partial charge < -0.3 is 0 Å². The number of benzene rings is 2. The smallest absolute Gasteiger partial charge is 0.0708 e. The van der Waals surface area contributed by atoms with Gasteiger partial charge in [0.15, 0.2) is 0 Å². The van der Waals surface area contributed by atoms with E-state index in [-0.39, 0.29) is 0 Å². The first-order valence-electron chi connectivity index (χ1n) is 5.44. The molecule has 1 heterocycles. The molecule has 0 aliphatic heterocycles. The van der Waals surface area contributed by atoms with Crippen LogP contribution in [0.5, 0.6) is 0 Å². The number of nitrogens with zero attached hydrogens (tertiary/aromatic N) is 1. The molecule has 1 aromatic heterocycles. The van der Waals surface area contributed by atoms with Gasteiger partial charge in [-0.25, -0.2) is 0 Å². The van der Waals surface area contributed by atoms with Crippen LogP contribution in [0.4, 0.5) is 0 Å². The fraction of sp³-hybridized carbons (Fsp3) is 0. The average Bonchev–Trinajstić information content (AvgIpc) is 2.39. The Morgan fingerprint density at radius 2 is 1.65 bits per heavy atom. The van der Waals surface area contributed by atoms with E-state index >= 15 is 0 Å². The fourth-order valence-electron chi connectivity index (χ4n) is 1.88. The molecule has 3 aromatic rings. The predicted octanol–water partition coefficient (Wildman–Crippen LogP) is 4.56. The topological polar surface area (TPSA) is 12.9 Å². The zero-order chi connectivity index (χ0) is 11.7. The maximum absolute atomic E-state index is 5.95. The van der Waals surface area contributed by atoms with Crippen LogP contribution in [0.2, 0.25) is 5.02 Å². The number of fused-ring (bicyclic) bond motifs is 1. The molecule has 0 bridgehead atoms. The Hall–Kier alpha value is -1.86. The second-order valence-electron chi connectivity index (χ2n) is 3.93. The molecule has 3 rings (SSSR count). The summed E-state index contributed by atoms with van der Waals surface area (Å²) in [4.78, 5) is 4.46. The molecular formula is C15H10ClN. The Morgan fingerprint density at radius 3 is 2.47 bits per heavy atom. The molecule has 2 heteroatoms. The van der Waals surface area contributed by atoms with E-state index in [1.54, 1.807) is 0 Å². The van der Waals surface area contributed by atoms with Crippen LogP contribution in [0.25, 0.3) is 22.0 Å². The average molecular weight is 240 g/mol. The standard InChI is InChI=1S/C15H10ClN/c16-14-7-6-12-9-15(17-10-13(12)8-14)11-4-2-1-3-5-11/h1-10H. The molecule has 1 nitrogen and oxygen atoms in total. The van der Waals surface area contributed by atoms with E-state index in [1.807, 2.05) is 42.6 Å². The first-order chi connectivity index (χ1) is 8.33. The van der Waals surface area contributed by atoms with Gasteiger partial charge in [0.2, 0.25) is 0 Å². The third-order valence-electron chi connectivity index (χ3n) is 2.75. The highest BCUT2D eigenvalue weighted by molar-refractivity contribution is 6.31. The van der Waals surface area contributed by atoms with Gasteiger partial charge in [-0.2, -0.15) is 0 Å². The minimum Gasteiger partial charge on any atom is -0.256 e. The molecule has 17 heavy (non-hydrogen) atoms. The zero-order valence-electron chi connectivity index (χ0n) is 9.10. The van der Waals surface area contributed by atoms with Crippen LogP contribution in [-0.4, -0.2) is 4.98 Å². The summed E-state index contributed by atoms with van der Waals surface area (Å²) in [5.74, 6) is 0. The van der Waals surface area contributed by atoms with E-state index in [0.29, 0.717) is 0 Å². The fourth-order valence-corrected chi connectivity index (χ4v) is 2.06. The lowest BCUT2D eigenvalue weighted by atomic mass is 10.1. The van der Waals surface area contributed by atoms with Crippen molar-refractivity contribution < 1.29 is 0 Å². The summed E-state index contributed by atoms with van der Waals surface area (Å²) < 4.78 is 0. The van der Waals surface area contributed by atoms with Crippen LogP contribution in [0.3, 0.4) is 0 Å². The van der Waals surface area contributed by atoms with Crippen molar-refractivity contribution >= 4 is 22.4 Å². The summed E-state index contributed by atoms with van der Waals surface area (Å²) in [6.07, 6.45) is 1.86. The highest BCUT2D eigenvalue weighted by atomic mass is 35.5. The molecular weight excluding hydrogens is 230 g/mol. The SMILES string of the molecule is Clc1ccc2cc(-c3ccccc3)ncc2c1. The normalized spacial score (nSPS) is 10.6. The van der Waals surface area contributed by atoms with Gasteiger partial charge in [0, 0.05) is 22.2 Å². The molecule has 0 radical (unpaired) electrons. The van der Waals surface area contributed by atoms with E-state index in [4.69, 9.17) is 11.6 Å². The van der Waals surface area contributed by atoms with Crippen molar-refractivity contribution in [2.45, 2.75) is 0 Å². The first-order valence-corrected chi connectivity index (χ1v) is 5.81. The molecule has 82 valence electrons. The van der Waals surface area contributed by atoms with Gasteiger partial charge in [-0.1, -0.05) is 48.0 Å². The number of aromatic nitrogens is 1. The summed E-state index contributed by atoms with van der Waals surface area (Å²) in [5.41, 5.74) is 2.12. The lowest BCUT2D eigenvalue weighted by molar-refractivity contribution is 1.36. The maximum atomic E-state index is 5.95. The van der Waals surface area contributed by atoms with Crippen LogP contribution >= 0.6 is 11.6 Å². The summed E-state index contributed by atoms with van der Waals surface area (Å²) in [7, 11) is 0. The van der Waals surface area contributed by atoms with Crippen LogP contribution in [0.15, 0.2) is 60.8 Å². The van der Waals surface area contributed by atoms with Crippen molar-refractivity contribution in [3.8, 4) is 11.3 Å². The number of hydrogen-bond acceptors (Lipinski definition) is 1. The molecule has 0 amide bonds. The van der Waals surface area contributed by atoms with Gasteiger partial charge in [-0.15, -0.1) is 0 Å². The summed E-state index contributed by atoms with van der Waals surface area (Å²) >= 11 is 5.95.